The molecule has 0 aromatic heterocycles. The van der Waals surface area contributed by atoms with Gasteiger partial charge >= 0.3 is 0 Å². The van der Waals surface area contributed by atoms with Crippen LogP contribution in [0.3, 0.4) is 0 Å². The lowest BCUT2D eigenvalue weighted by Crippen LogP contribution is -2.51. The van der Waals surface area contributed by atoms with Gasteiger partial charge in [0.25, 0.3) is 0 Å². The largest absolute Gasteiger partial charge is 0.508 e. The molecule has 1 spiro atoms. The highest BCUT2D eigenvalue weighted by molar-refractivity contribution is 5.57. The van der Waals surface area contributed by atoms with Gasteiger partial charge in [0.05, 0.1) is 13.2 Å². The Hall–Kier alpha value is -2.10. The molecule has 1 aliphatic heterocycles. The topological polar surface area (TPSA) is 38.7 Å². The summed E-state index contributed by atoms with van der Waals surface area (Å²) in [5.41, 5.74) is 5.26. The van der Waals surface area contributed by atoms with Gasteiger partial charge in [-0.15, -0.1) is 0 Å². The zero-order valence-electron chi connectivity index (χ0n) is 16.5. The number of phenolic OH excluding ortho intramolecular Hbond substituents is 1. The summed E-state index contributed by atoms with van der Waals surface area (Å²) in [5.74, 6) is 0.340. The van der Waals surface area contributed by atoms with E-state index in [9.17, 15) is 5.11 Å². The molecule has 2 aliphatic carbocycles. The molecule has 5 rings (SSSR count). The van der Waals surface area contributed by atoms with E-state index in [0.717, 1.165) is 32.1 Å². The van der Waals surface area contributed by atoms with Crippen LogP contribution >= 0.6 is 0 Å². The summed E-state index contributed by atoms with van der Waals surface area (Å²) in [6.07, 6.45) is 7.37. The Labute approximate surface area is 167 Å². The minimum absolute atomic E-state index is 0.0858. The second kappa shape index (κ2) is 6.75. The average molecular weight is 376 g/mol. The normalized spacial score (nSPS) is 29.6. The van der Waals surface area contributed by atoms with E-state index in [4.69, 9.17) is 9.47 Å². The van der Waals surface area contributed by atoms with Crippen molar-refractivity contribution >= 4 is 6.08 Å². The fourth-order valence-electron chi connectivity index (χ4n) is 5.84. The number of aryl methyl sites for hydroxylation is 1. The first-order valence-corrected chi connectivity index (χ1v) is 10.5. The molecular formula is C25H28O3. The number of phenols is 1. The van der Waals surface area contributed by atoms with Gasteiger partial charge < -0.3 is 14.6 Å². The fourth-order valence-corrected chi connectivity index (χ4v) is 5.84. The van der Waals surface area contributed by atoms with Gasteiger partial charge in [-0.3, -0.25) is 0 Å². The third-order valence-corrected chi connectivity index (χ3v) is 7.20. The summed E-state index contributed by atoms with van der Waals surface area (Å²) < 4.78 is 12.6. The van der Waals surface area contributed by atoms with E-state index in [1.807, 2.05) is 12.1 Å². The molecule has 2 aromatic carbocycles. The van der Waals surface area contributed by atoms with E-state index in [2.05, 4.69) is 49.4 Å². The van der Waals surface area contributed by atoms with Crippen molar-refractivity contribution in [1.29, 1.82) is 0 Å². The molecule has 3 heteroatoms. The number of ether oxygens (including phenoxy) is 2. The van der Waals surface area contributed by atoms with E-state index in [1.54, 1.807) is 0 Å². The second-order valence-electron chi connectivity index (χ2n) is 8.50. The molecule has 1 saturated heterocycles. The number of aromatic hydroxyl groups is 1. The molecule has 146 valence electrons. The standard InChI is InChI=1S/C25H28O3/c1-2-24-16-21(14-18-6-4-3-5-7-18)25(27-12-13-28-25)17-20(24)9-8-19-15-22(26)10-11-23(19)24/h3-7,10-11,14-15,20,26H,2,8-9,12-13,16-17H2,1H3/t20?,24-/m1/s1. The molecule has 2 atom stereocenters. The molecule has 1 heterocycles. The molecule has 0 amide bonds. The van der Waals surface area contributed by atoms with Gasteiger partial charge in [-0.25, -0.2) is 0 Å². The van der Waals surface area contributed by atoms with Crippen molar-refractivity contribution in [2.24, 2.45) is 5.92 Å². The molecule has 1 unspecified atom stereocenters. The van der Waals surface area contributed by atoms with Crippen molar-refractivity contribution in [3.8, 4) is 5.75 Å². The number of benzene rings is 2. The van der Waals surface area contributed by atoms with Crippen LogP contribution in [-0.4, -0.2) is 24.1 Å². The monoisotopic (exact) mass is 376 g/mol. The van der Waals surface area contributed by atoms with Gasteiger partial charge in [0, 0.05) is 11.8 Å². The third-order valence-electron chi connectivity index (χ3n) is 7.20. The van der Waals surface area contributed by atoms with Gasteiger partial charge in [-0.05, 0) is 66.0 Å². The first-order valence-electron chi connectivity index (χ1n) is 10.5. The first kappa shape index (κ1) is 18.0. The smallest absolute Gasteiger partial charge is 0.191 e. The zero-order valence-corrected chi connectivity index (χ0v) is 16.5. The molecule has 2 aromatic rings. The van der Waals surface area contributed by atoms with Crippen molar-refractivity contribution in [2.45, 2.75) is 50.2 Å². The quantitative estimate of drug-likeness (QED) is 0.781. The van der Waals surface area contributed by atoms with Crippen LogP contribution < -0.4 is 0 Å². The summed E-state index contributed by atoms with van der Waals surface area (Å²) in [7, 11) is 0. The third kappa shape index (κ3) is 2.72. The lowest BCUT2D eigenvalue weighted by molar-refractivity contribution is -0.162. The maximum Gasteiger partial charge on any atom is 0.191 e. The summed E-state index contributed by atoms with van der Waals surface area (Å²) in [4.78, 5) is 0. The average Bonchev–Trinajstić information content (AvgIpc) is 3.18. The van der Waals surface area contributed by atoms with Crippen LogP contribution in [0.15, 0.2) is 54.1 Å². The highest BCUT2D eigenvalue weighted by Gasteiger charge is 2.56. The molecule has 28 heavy (non-hydrogen) atoms. The molecule has 0 radical (unpaired) electrons. The lowest BCUT2D eigenvalue weighted by Gasteiger charge is -2.53. The summed E-state index contributed by atoms with van der Waals surface area (Å²) in [5, 5.41) is 10.0. The molecule has 1 saturated carbocycles. The molecule has 1 N–H and O–H groups in total. The van der Waals surface area contributed by atoms with Gasteiger partial charge in [0.2, 0.25) is 0 Å². The Morgan fingerprint density at radius 1 is 1.11 bits per heavy atom. The Morgan fingerprint density at radius 2 is 1.89 bits per heavy atom. The SMILES string of the molecule is CC[C@@]12CC(=Cc3ccccc3)C3(CC1CCc1cc(O)ccc12)OCCO3. The van der Waals surface area contributed by atoms with Crippen molar-refractivity contribution in [1.82, 2.24) is 0 Å². The van der Waals surface area contributed by atoms with Gasteiger partial charge in [-0.1, -0.05) is 49.4 Å². The molecular weight excluding hydrogens is 348 g/mol. The predicted octanol–water partition coefficient (Wildman–Crippen LogP) is 5.22. The summed E-state index contributed by atoms with van der Waals surface area (Å²) >= 11 is 0. The van der Waals surface area contributed by atoms with Crippen LogP contribution in [0, 0.1) is 5.92 Å². The van der Waals surface area contributed by atoms with Crippen LogP contribution in [0.5, 0.6) is 5.75 Å². The van der Waals surface area contributed by atoms with Crippen LogP contribution in [0.25, 0.3) is 6.08 Å². The number of rotatable bonds is 2. The Balaban J connectivity index is 1.63. The van der Waals surface area contributed by atoms with Crippen LogP contribution in [0.2, 0.25) is 0 Å². The van der Waals surface area contributed by atoms with E-state index in [1.165, 1.54) is 22.3 Å². The Morgan fingerprint density at radius 3 is 2.64 bits per heavy atom. The molecule has 0 bridgehead atoms. The van der Waals surface area contributed by atoms with Crippen LogP contribution in [-0.2, 0) is 21.3 Å². The summed E-state index contributed by atoms with van der Waals surface area (Å²) in [6, 6.07) is 16.5. The van der Waals surface area contributed by atoms with Crippen LogP contribution in [0.1, 0.15) is 49.3 Å². The lowest BCUT2D eigenvalue weighted by atomic mass is 9.53. The van der Waals surface area contributed by atoms with E-state index < -0.39 is 5.79 Å². The van der Waals surface area contributed by atoms with Gasteiger partial charge in [0.1, 0.15) is 5.75 Å². The van der Waals surface area contributed by atoms with E-state index >= 15 is 0 Å². The number of hydrogen-bond donors (Lipinski definition) is 1. The van der Waals surface area contributed by atoms with Gasteiger partial charge in [0.15, 0.2) is 5.79 Å². The van der Waals surface area contributed by atoms with Gasteiger partial charge in [-0.2, -0.15) is 0 Å². The van der Waals surface area contributed by atoms with Crippen molar-refractivity contribution in [2.75, 3.05) is 13.2 Å². The van der Waals surface area contributed by atoms with Crippen molar-refractivity contribution in [3.63, 3.8) is 0 Å². The maximum atomic E-state index is 10.0. The highest BCUT2D eigenvalue weighted by Crippen LogP contribution is 2.58. The predicted molar refractivity (Wildman–Crippen MR) is 110 cm³/mol. The van der Waals surface area contributed by atoms with Crippen molar-refractivity contribution < 1.29 is 14.6 Å². The minimum Gasteiger partial charge on any atom is -0.508 e. The van der Waals surface area contributed by atoms with E-state index in [-0.39, 0.29) is 5.41 Å². The molecule has 3 aliphatic rings. The van der Waals surface area contributed by atoms with E-state index in [0.29, 0.717) is 24.9 Å². The Kier molecular flexibility index (Phi) is 4.33. The second-order valence-corrected chi connectivity index (χ2v) is 8.50. The highest BCUT2D eigenvalue weighted by atomic mass is 16.7. The zero-order chi connectivity index (χ0) is 19.2. The first-order chi connectivity index (χ1) is 13.7. The maximum absolute atomic E-state index is 10.0. The van der Waals surface area contributed by atoms with Crippen LogP contribution in [0.4, 0.5) is 0 Å². The Bertz CT molecular complexity index is 895. The molecule has 2 fully saturated rings. The minimum atomic E-state index is -0.562. The fraction of sp³-hybridized carbons (Fsp3) is 0.440. The van der Waals surface area contributed by atoms with Crippen molar-refractivity contribution in [3.05, 3.63) is 70.8 Å². The summed E-state index contributed by atoms with van der Waals surface area (Å²) in [6.45, 7) is 3.65. The number of hydrogen-bond acceptors (Lipinski definition) is 3. The number of fused-ring (bicyclic) bond motifs is 3. The molecule has 3 nitrogen and oxygen atoms in total.